The van der Waals surface area contributed by atoms with Crippen molar-refractivity contribution in [3.8, 4) is 0 Å². The number of primary amides is 1. The fourth-order valence-corrected chi connectivity index (χ4v) is 1.90. The fraction of sp³-hybridized carbons (Fsp3) is 0.125. The molecule has 1 aromatic rings. The Morgan fingerprint density at radius 1 is 1.35 bits per heavy atom. The van der Waals surface area contributed by atoms with Crippen LogP contribution in [0.5, 0.6) is 0 Å². The number of sulfonamides is 1. The number of carbonyl (C=O) groups excluding carboxylic acids is 1. The molecule has 9 heteroatoms. The lowest BCUT2D eigenvalue weighted by molar-refractivity contribution is 0.0996. The van der Waals surface area contributed by atoms with Crippen molar-refractivity contribution in [2.24, 2.45) is 5.73 Å². The molecule has 1 amide bonds. The van der Waals surface area contributed by atoms with Gasteiger partial charge in [-0.25, -0.2) is 17.2 Å². The highest BCUT2D eigenvalue weighted by Crippen LogP contribution is 2.20. The van der Waals surface area contributed by atoms with Gasteiger partial charge in [0, 0.05) is 6.07 Å². The summed E-state index contributed by atoms with van der Waals surface area (Å²) in [4.78, 5) is 10.8. The number of hydrogen-bond acceptors (Lipinski definition) is 3. The molecule has 5 nitrogen and oxygen atoms in total. The maximum absolute atomic E-state index is 13.2. The molecule has 0 heterocycles. The van der Waals surface area contributed by atoms with E-state index in [9.17, 15) is 22.0 Å². The summed E-state index contributed by atoms with van der Waals surface area (Å²) in [5.41, 5.74) is 3.70. The molecule has 0 aliphatic carbocycles. The molecule has 0 atom stereocenters. The van der Waals surface area contributed by atoms with E-state index in [-0.39, 0.29) is 0 Å². The Bertz CT molecular complexity index is 562. The van der Waals surface area contributed by atoms with Crippen molar-refractivity contribution >= 4 is 37.5 Å². The van der Waals surface area contributed by atoms with Crippen molar-refractivity contribution in [2.45, 2.75) is 0 Å². The van der Waals surface area contributed by atoms with Crippen molar-refractivity contribution < 1.29 is 22.0 Å². The quantitative estimate of drug-likeness (QED) is 0.813. The van der Waals surface area contributed by atoms with Gasteiger partial charge in [-0.1, -0.05) is 15.9 Å². The molecule has 1 rings (SSSR count). The number of nitrogens with one attached hydrogen (secondary N) is 1. The Morgan fingerprint density at radius 2 is 1.94 bits per heavy atom. The molecule has 0 bridgehead atoms. The van der Waals surface area contributed by atoms with Crippen molar-refractivity contribution in [3.63, 3.8) is 0 Å². The summed E-state index contributed by atoms with van der Waals surface area (Å²) >= 11 is 2.68. The van der Waals surface area contributed by atoms with Crippen LogP contribution in [0.4, 0.5) is 14.5 Å². The van der Waals surface area contributed by atoms with Gasteiger partial charge in [-0.05, 0) is 6.07 Å². The number of anilines is 1. The van der Waals surface area contributed by atoms with Crippen LogP contribution in [0.1, 0.15) is 10.4 Å². The van der Waals surface area contributed by atoms with E-state index in [0.29, 0.717) is 12.1 Å². The molecular formula is C8H7BrF2N2O3S. The Hall–Kier alpha value is -1.22. The number of benzene rings is 1. The summed E-state index contributed by atoms with van der Waals surface area (Å²) in [6.45, 7) is 0. The van der Waals surface area contributed by atoms with Crippen molar-refractivity contribution in [1.82, 2.24) is 0 Å². The molecule has 0 saturated carbocycles. The highest BCUT2D eigenvalue weighted by atomic mass is 79.9. The second-order valence-corrected chi connectivity index (χ2v) is 6.03. The summed E-state index contributed by atoms with van der Waals surface area (Å²) in [6, 6.07) is 1.08. The standard InChI is InChI=1S/C8H7BrF2N2O3S/c9-3-17(15,16)13-7-1-4(8(12)14)5(10)2-6(7)11/h1-2,13H,3H2,(H2,12,14). The Labute approximate surface area is 104 Å². The first kappa shape index (κ1) is 13.8. The topological polar surface area (TPSA) is 89.3 Å². The van der Waals surface area contributed by atoms with Gasteiger partial charge in [0.15, 0.2) is 0 Å². The summed E-state index contributed by atoms with van der Waals surface area (Å²) < 4.78 is 50.0. The van der Waals surface area contributed by atoms with E-state index < -0.39 is 43.5 Å². The number of amides is 1. The third kappa shape index (κ3) is 3.37. The molecular weight excluding hydrogens is 322 g/mol. The summed E-state index contributed by atoms with van der Waals surface area (Å²) in [6.07, 6.45) is 0. The van der Waals surface area contributed by atoms with E-state index in [4.69, 9.17) is 5.73 Å². The van der Waals surface area contributed by atoms with Gasteiger partial charge in [-0.15, -0.1) is 0 Å². The zero-order valence-electron chi connectivity index (χ0n) is 8.21. The van der Waals surface area contributed by atoms with E-state index in [1.54, 1.807) is 0 Å². The minimum absolute atomic E-state index is 0.381. The number of carbonyl (C=O) groups is 1. The number of nitrogens with two attached hydrogens (primary N) is 1. The van der Waals surface area contributed by atoms with Crippen molar-refractivity contribution in [3.05, 3.63) is 29.3 Å². The van der Waals surface area contributed by atoms with E-state index >= 15 is 0 Å². The minimum Gasteiger partial charge on any atom is -0.366 e. The summed E-state index contributed by atoms with van der Waals surface area (Å²) in [5, 5.41) is 0. The molecule has 1 aromatic carbocycles. The largest absolute Gasteiger partial charge is 0.366 e. The van der Waals surface area contributed by atoms with Gasteiger partial charge >= 0.3 is 0 Å². The first-order chi connectivity index (χ1) is 7.76. The molecule has 0 aromatic heterocycles. The maximum Gasteiger partial charge on any atom is 0.251 e. The predicted molar refractivity (Wildman–Crippen MR) is 61.2 cm³/mol. The molecule has 0 aliphatic rings. The van der Waals surface area contributed by atoms with Gasteiger partial charge in [0.25, 0.3) is 5.91 Å². The van der Waals surface area contributed by atoms with Gasteiger partial charge in [0.1, 0.15) is 16.3 Å². The molecule has 94 valence electrons. The second kappa shape index (κ2) is 4.96. The first-order valence-electron chi connectivity index (χ1n) is 4.12. The third-order valence-electron chi connectivity index (χ3n) is 1.73. The van der Waals surface area contributed by atoms with Gasteiger partial charge < -0.3 is 5.73 Å². The van der Waals surface area contributed by atoms with Crippen molar-refractivity contribution in [2.75, 3.05) is 9.38 Å². The van der Waals surface area contributed by atoms with Crippen LogP contribution < -0.4 is 10.5 Å². The highest BCUT2D eigenvalue weighted by molar-refractivity contribution is 9.10. The average molecular weight is 329 g/mol. The highest BCUT2D eigenvalue weighted by Gasteiger charge is 2.17. The van der Waals surface area contributed by atoms with Crippen LogP contribution in [0.15, 0.2) is 12.1 Å². The molecule has 3 N–H and O–H groups in total. The monoisotopic (exact) mass is 328 g/mol. The number of rotatable bonds is 4. The van der Waals surface area contributed by atoms with Crippen LogP contribution in [-0.2, 0) is 10.0 Å². The zero-order chi connectivity index (χ0) is 13.2. The Morgan fingerprint density at radius 3 is 2.41 bits per heavy atom. The van der Waals surface area contributed by atoms with Crippen LogP contribution in [0.3, 0.4) is 0 Å². The summed E-state index contributed by atoms with van der Waals surface area (Å²) in [5.74, 6) is -3.42. The van der Waals surface area contributed by atoms with E-state index in [1.165, 1.54) is 0 Å². The first-order valence-corrected chi connectivity index (χ1v) is 6.89. The van der Waals surface area contributed by atoms with Crippen LogP contribution in [0.2, 0.25) is 0 Å². The minimum atomic E-state index is -3.80. The van der Waals surface area contributed by atoms with Gasteiger partial charge in [0.2, 0.25) is 10.0 Å². The number of hydrogen-bond donors (Lipinski definition) is 2. The van der Waals surface area contributed by atoms with Gasteiger partial charge in [0.05, 0.1) is 11.3 Å². The predicted octanol–water partition coefficient (Wildman–Crippen LogP) is 1.16. The van der Waals surface area contributed by atoms with Gasteiger partial charge in [-0.2, -0.15) is 0 Å². The normalized spacial score (nSPS) is 11.2. The lowest BCUT2D eigenvalue weighted by Crippen LogP contribution is -2.17. The smallest absolute Gasteiger partial charge is 0.251 e. The lowest BCUT2D eigenvalue weighted by atomic mass is 10.2. The molecule has 0 spiro atoms. The SMILES string of the molecule is NC(=O)c1cc(NS(=O)(=O)CBr)c(F)cc1F. The van der Waals surface area contributed by atoms with Crippen molar-refractivity contribution in [1.29, 1.82) is 0 Å². The van der Waals surface area contributed by atoms with Crippen LogP contribution in [0, 0.1) is 11.6 Å². The van der Waals surface area contributed by atoms with E-state index in [0.717, 1.165) is 0 Å². The lowest BCUT2D eigenvalue weighted by Gasteiger charge is -2.08. The molecule has 0 radical (unpaired) electrons. The second-order valence-electron chi connectivity index (χ2n) is 3.00. The molecule has 0 aliphatic heterocycles. The average Bonchev–Trinajstić information content (AvgIpc) is 2.21. The third-order valence-corrected chi connectivity index (χ3v) is 4.36. The molecule has 0 saturated heterocycles. The van der Waals surface area contributed by atoms with E-state index in [1.807, 2.05) is 4.72 Å². The number of halogens is 3. The molecule has 17 heavy (non-hydrogen) atoms. The number of alkyl halides is 1. The van der Waals surface area contributed by atoms with Crippen LogP contribution in [0.25, 0.3) is 0 Å². The van der Waals surface area contributed by atoms with Gasteiger partial charge in [-0.3, -0.25) is 9.52 Å². The van der Waals surface area contributed by atoms with Crippen LogP contribution >= 0.6 is 15.9 Å². The Balaban J connectivity index is 3.26. The molecule has 0 unspecified atom stereocenters. The zero-order valence-corrected chi connectivity index (χ0v) is 10.6. The molecule has 0 fully saturated rings. The maximum atomic E-state index is 13.2. The Kier molecular flexibility index (Phi) is 4.04. The fourth-order valence-electron chi connectivity index (χ4n) is 1.01. The van der Waals surface area contributed by atoms with Crippen LogP contribution in [-0.4, -0.2) is 19.0 Å². The van der Waals surface area contributed by atoms with E-state index in [2.05, 4.69) is 15.9 Å². The summed E-state index contributed by atoms with van der Waals surface area (Å²) in [7, 11) is -3.80.